The van der Waals surface area contributed by atoms with E-state index in [1.54, 1.807) is 0 Å². The van der Waals surface area contributed by atoms with Gasteiger partial charge in [0.2, 0.25) is 5.91 Å². The Labute approximate surface area is 110 Å². The van der Waals surface area contributed by atoms with E-state index < -0.39 is 12.0 Å². The quantitative estimate of drug-likeness (QED) is 0.737. The van der Waals surface area contributed by atoms with Crippen molar-refractivity contribution in [2.45, 2.75) is 25.8 Å². The van der Waals surface area contributed by atoms with Crippen molar-refractivity contribution in [2.75, 3.05) is 6.61 Å². The van der Waals surface area contributed by atoms with Gasteiger partial charge in [0, 0.05) is 6.42 Å². The SMILES string of the molecule is CC(NC(=O)CCCOc1ccc(F)cc1)C(=O)O. The highest BCUT2D eigenvalue weighted by Crippen LogP contribution is 2.11. The van der Waals surface area contributed by atoms with E-state index >= 15 is 0 Å². The molecule has 1 rings (SSSR count). The van der Waals surface area contributed by atoms with Crippen LogP contribution in [0.4, 0.5) is 4.39 Å². The van der Waals surface area contributed by atoms with Crippen LogP contribution in [0, 0.1) is 5.82 Å². The van der Waals surface area contributed by atoms with E-state index in [2.05, 4.69) is 5.32 Å². The second-order valence-corrected chi connectivity index (χ2v) is 4.03. The summed E-state index contributed by atoms with van der Waals surface area (Å²) in [6, 6.07) is 4.68. The minimum absolute atomic E-state index is 0.179. The third kappa shape index (κ3) is 5.85. The van der Waals surface area contributed by atoms with Crippen LogP contribution in [0.1, 0.15) is 19.8 Å². The van der Waals surface area contributed by atoms with Gasteiger partial charge in [0.25, 0.3) is 0 Å². The lowest BCUT2D eigenvalue weighted by Crippen LogP contribution is -2.38. The molecule has 0 heterocycles. The minimum atomic E-state index is -1.07. The molecule has 2 N–H and O–H groups in total. The summed E-state index contributed by atoms with van der Waals surface area (Å²) >= 11 is 0. The molecular formula is C13H16FNO4. The van der Waals surface area contributed by atoms with Crippen molar-refractivity contribution in [1.29, 1.82) is 0 Å². The van der Waals surface area contributed by atoms with Crippen molar-refractivity contribution in [1.82, 2.24) is 5.32 Å². The van der Waals surface area contributed by atoms with Crippen molar-refractivity contribution in [3.63, 3.8) is 0 Å². The Balaban J connectivity index is 2.18. The summed E-state index contributed by atoms with van der Waals surface area (Å²) in [5.74, 6) is -1.22. The van der Waals surface area contributed by atoms with Crippen LogP contribution >= 0.6 is 0 Å². The van der Waals surface area contributed by atoms with Crippen LogP contribution in [0.15, 0.2) is 24.3 Å². The van der Waals surface area contributed by atoms with E-state index in [9.17, 15) is 14.0 Å². The number of benzene rings is 1. The van der Waals surface area contributed by atoms with Crippen LogP contribution in [0.2, 0.25) is 0 Å². The number of hydrogen-bond acceptors (Lipinski definition) is 3. The molecule has 0 aliphatic rings. The van der Waals surface area contributed by atoms with E-state index in [1.165, 1.54) is 31.2 Å². The minimum Gasteiger partial charge on any atom is -0.494 e. The molecular weight excluding hydrogens is 253 g/mol. The van der Waals surface area contributed by atoms with Gasteiger partial charge in [-0.3, -0.25) is 9.59 Å². The van der Waals surface area contributed by atoms with Crippen LogP contribution in [0.3, 0.4) is 0 Å². The molecule has 19 heavy (non-hydrogen) atoms. The van der Waals surface area contributed by atoms with E-state index in [0.717, 1.165) is 0 Å². The fraction of sp³-hybridized carbons (Fsp3) is 0.385. The Morgan fingerprint density at radius 3 is 2.58 bits per heavy atom. The molecule has 0 spiro atoms. The Morgan fingerprint density at radius 1 is 1.37 bits per heavy atom. The number of nitrogens with one attached hydrogen (secondary N) is 1. The molecule has 1 aromatic carbocycles. The molecule has 1 aromatic rings. The lowest BCUT2D eigenvalue weighted by atomic mass is 10.2. The molecule has 0 aromatic heterocycles. The van der Waals surface area contributed by atoms with Crippen LogP contribution in [0.5, 0.6) is 5.75 Å². The van der Waals surface area contributed by atoms with E-state index in [4.69, 9.17) is 9.84 Å². The zero-order chi connectivity index (χ0) is 14.3. The predicted molar refractivity (Wildman–Crippen MR) is 66.4 cm³/mol. The van der Waals surface area contributed by atoms with Crippen LogP contribution in [0.25, 0.3) is 0 Å². The first-order valence-corrected chi connectivity index (χ1v) is 5.89. The van der Waals surface area contributed by atoms with Crippen molar-refractivity contribution >= 4 is 11.9 Å². The highest BCUT2D eigenvalue weighted by molar-refractivity contribution is 5.83. The summed E-state index contributed by atoms with van der Waals surface area (Å²) in [7, 11) is 0. The Hall–Kier alpha value is -2.11. The van der Waals surface area contributed by atoms with E-state index in [1.807, 2.05) is 0 Å². The molecule has 0 bridgehead atoms. The number of amides is 1. The van der Waals surface area contributed by atoms with Gasteiger partial charge in [0.05, 0.1) is 6.61 Å². The van der Waals surface area contributed by atoms with Gasteiger partial charge < -0.3 is 15.2 Å². The highest BCUT2D eigenvalue weighted by Gasteiger charge is 2.13. The fourth-order valence-corrected chi connectivity index (χ4v) is 1.33. The largest absolute Gasteiger partial charge is 0.494 e. The van der Waals surface area contributed by atoms with Crippen LogP contribution in [-0.2, 0) is 9.59 Å². The third-order valence-corrected chi connectivity index (χ3v) is 2.38. The lowest BCUT2D eigenvalue weighted by Gasteiger charge is -2.09. The molecule has 0 aliphatic heterocycles. The van der Waals surface area contributed by atoms with Crippen molar-refractivity contribution in [3.05, 3.63) is 30.1 Å². The molecule has 0 saturated heterocycles. The topological polar surface area (TPSA) is 75.6 Å². The lowest BCUT2D eigenvalue weighted by molar-refractivity contribution is -0.141. The number of carboxylic acid groups (broad SMARTS) is 1. The first-order chi connectivity index (χ1) is 8.99. The normalized spacial score (nSPS) is 11.7. The smallest absolute Gasteiger partial charge is 0.325 e. The number of rotatable bonds is 7. The third-order valence-electron chi connectivity index (χ3n) is 2.38. The van der Waals surface area contributed by atoms with E-state index in [0.29, 0.717) is 18.8 Å². The Morgan fingerprint density at radius 2 is 2.00 bits per heavy atom. The monoisotopic (exact) mass is 269 g/mol. The molecule has 0 saturated carbocycles. The number of halogens is 1. The number of carbonyl (C=O) groups is 2. The maximum atomic E-state index is 12.6. The van der Waals surface area contributed by atoms with Crippen molar-refractivity contribution in [3.8, 4) is 5.75 Å². The molecule has 0 fully saturated rings. The Bertz CT molecular complexity index is 433. The molecule has 5 nitrogen and oxygen atoms in total. The van der Waals surface area contributed by atoms with Gasteiger partial charge in [0.15, 0.2) is 0 Å². The van der Waals surface area contributed by atoms with Crippen LogP contribution in [-0.4, -0.2) is 29.6 Å². The molecule has 1 atom stereocenters. The molecule has 1 amide bonds. The Kier molecular flexibility index (Phi) is 5.78. The van der Waals surface area contributed by atoms with Gasteiger partial charge in [-0.05, 0) is 37.6 Å². The second kappa shape index (κ2) is 7.35. The number of aliphatic carboxylic acids is 1. The maximum absolute atomic E-state index is 12.6. The van der Waals surface area contributed by atoms with Gasteiger partial charge >= 0.3 is 5.97 Å². The zero-order valence-electron chi connectivity index (χ0n) is 10.6. The summed E-state index contributed by atoms with van der Waals surface area (Å²) in [6.45, 7) is 1.70. The summed E-state index contributed by atoms with van der Waals surface area (Å²) < 4.78 is 17.9. The number of carboxylic acids is 1. The predicted octanol–water partition coefficient (Wildman–Crippen LogP) is 1.57. The average Bonchev–Trinajstić information content (AvgIpc) is 2.36. The fourth-order valence-electron chi connectivity index (χ4n) is 1.33. The zero-order valence-corrected chi connectivity index (χ0v) is 10.6. The number of carbonyl (C=O) groups excluding carboxylic acids is 1. The molecule has 6 heteroatoms. The molecule has 0 aliphatic carbocycles. The summed E-state index contributed by atoms with van der Waals surface area (Å²) in [6.07, 6.45) is 0.633. The van der Waals surface area contributed by atoms with Crippen molar-refractivity contribution in [2.24, 2.45) is 0 Å². The standard InChI is InChI=1S/C13H16FNO4/c1-9(13(17)18)15-12(16)3-2-8-19-11-6-4-10(14)5-7-11/h4-7,9H,2-3,8H2,1H3,(H,15,16)(H,17,18). The van der Waals surface area contributed by atoms with E-state index in [-0.39, 0.29) is 18.1 Å². The summed E-state index contributed by atoms with van der Waals surface area (Å²) in [5, 5.41) is 10.9. The van der Waals surface area contributed by atoms with Crippen molar-refractivity contribution < 1.29 is 23.8 Å². The van der Waals surface area contributed by atoms with Gasteiger partial charge in [-0.15, -0.1) is 0 Å². The van der Waals surface area contributed by atoms with Gasteiger partial charge in [-0.1, -0.05) is 0 Å². The molecule has 104 valence electrons. The van der Waals surface area contributed by atoms with Crippen LogP contribution < -0.4 is 10.1 Å². The molecule has 0 radical (unpaired) electrons. The summed E-state index contributed by atoms with van der Waals surface area (Å²) in [4.78, 5) is 21.8. The average molecular weight is 269 g/mol. The van der Waals surface area contributed by atoms with Gasteiger partial charge in [-0.25, -0.2) is 4.39 Å². The molecule has 1 unspecified atom stereocenters. The van der Waals surface area contributed by atoms with Gasteiger partial charge in [0.1, 0.15) is 17.6 Å². The van der Waals surface area contributed by atoms with Gasteiger partial charge in [-0.2, -0.15) is 0 Å². The number of hydrogen-bond donors (Lipinski definition) is 2. The summed E-state index contributed by atoms with van der Waals surface area (Å²) in [5.41, 5.74) is 0. The number of ether oxygens (including phenoxy) is 1. The first kappa shape index (κ1) is 14.9. The maximum Gasteiger partial charge on any atom is 0.325 e. The second-order valence-electron chi connectivity index (χ2n) is 4.03. The highest BCUT2D eigenvalue weighted by atomic mass is 19.1. The first-order valence-electron chi connectivity index (χ1n) is 5.89.